The SMILES string of the molecule is C[C@@H]1C[C@H](C)CN(c2ccc(N3C(=S)N[C@H](c4ccccn4)[C@H]3c3cccn3-c3cccc(Cl)c3)cc2Cl)C1. The number of hydrogen-bond acceptors (Lipinski definition) is 3. The van der Waals surface area contributed by atoms with Gasteiger partial charge in [0.05, 0.1) is 22.4 Å². The van der Waals surface area contributed by atoms with Gasteiger partial charge in [0.1, 0.15) is 6.04 Å². The number of benzene rings is 2. The van der Waals surface area contributed by atoms with E-state index in [1.165, 1.54) is 6.42 Å². The fourth-order valence-corrected chi connectivity index (χ4v) is 7.02. The van der Waals surface area contributed by atoms with Gasteiger partial charge in [-0.1, -0.05) is 49.2 Å². The largest absolute Gasteiger partial charge is 0.370 e. The molecule has 0 spiro atoms. The van der Waals surface area contributed by atoms with Gasteiger partial charge in [-0.25, -0.2) is 0 Å². The zero-order chi connectivity index (χ0) is 27.1. The smallest absolute Gasteiger partial charge is 0.174 e. The van der Waals surface area contributed by atoms with Crippen molar-refractivity contribution in [1.29, 1.82) is 0 Å². The van der Waals surface area contributed by atoms with Crippen molar-refractivity contribution in [3.63, 3.8) is 0 Å². The quantitative estimate of drug-likeness (QED) is 0.245. The number of anilines is 2. The van der Waals surface area contributed by atoms with Gasteiger partial charge < -0.3 is 19.7 Å². The summed E-state index contributed by atoms with van der Waals surface area (Å²) in [5.74, 6) is 1.28. The monoisotopic (exact) mass is 575 g/mol. The van der Waals surface area contributed by atoms with Crippen LogP contribution in [0.3, 0.4) is 0 Å². The topological polar surface area (TPSA) is 36.3 Å². The Labute approximate surface area is 245 Å². The van der Waals surface area contributed by atoms with Crippen molar-refractivity contribution in [3.05, 3.63) is 107 Å². The van der Waals surface area contributed by atoms with E-state index < -0.39 is 0 Å². The van der Waals surface area contributed by atoms with Crippen molar-refractivity contribution in [1.82, 2.24) is 14.9 Å². The summed E-state index contributed by atoms with van der Waals surface area (Å²) in [6.07, 6.45) is 5.13. The highest BCUT2D eigenvalue weighted by atomic mass is 35.5. The van der Waals surface area contributed by atoms with Crippen LogP contribution in [0.2, 0.25) is 10.0 Å². The van der Waals surface area contributed by atoms with Gasteiger partial charge in [0.15, 0.2) is 5.11 Å². The number of pyridine rings is 1. The summed E-state index contributed by atoms with van der Waals surface area (Å²) in [5.41, 5.74) is 5.00. The zero-order valence-electron chi connectivity index (χ0n) is 22.0. The van der Waals surface area contributed by atoms with Crippen molar-refractivity contribution in [2.24, 2.45) is 11.8 Å². The Morgan fingerprint density at radius 2 is 1.72 bits per heavy atom. The van der Waals surface area contributed by atoms with E-state index in [9.17, 15) is 0 Å². The van der Waals surface area contributed by atoms with Gasteiger partial charge in [0.2, 0.25) is 0 Å². The molecule has 0 radical (unpaired) electrons. The molecule has 200 valence electrons. The average molecular weight is 577 g/mol. The van der Waals surface area contributed by atoms with Crippen LogP contribution in [-0.4, -0.2) is 27.8 Å². The van der Waals surface area contributed by atoms with Gasteiger partial charge in [-0.3, -0.25) is 4.98 Å². The fraction of sp³-hybridized carbons (Fsp3) is 0.290. The minimum Gasteiger partial charge on any atom is -0.370 e. The van der Waals surface area contributed by atoms with Crippen LogP contribution in [0.5, 0.6) is 0 Å². The molecule has 4 atom stereocenters. The average Bonchev–Trinajstić information content (AvgIpc) is 3.53. The molecule has 0 amide bonds. The molecule has 0 bridgehead atoms. The first kappa shape index (κ1) is 26.2. The Bertz CT molecular complexity index is 1480. The fourth-order valence-electron chi connectivity index (χ4n) is 6.19. The third-order valence-electron chi connectivity index (χ3n) is 7.69. The highest BCUT2D eigenvalue weighted by Gasteiger charge is 2.42. The van der Waals surface area contributed by atoms with Crippen LogP contribution in [0, 0.1) is 11.8 Å². The normalized spacial score (nSPS) is 23.2. The minimum atomic E-state index is -0.168. The maximum Gasteiger partial charge on any atom is 0.174 e. The summed E-state index contributed by atoms with van der Waals surface area (Å²) < 4.78 is 2.17. The van der Waals surface area contributed by atoms with E-state index in [-0.39, 0.29) is 12.1 Å². The van der Waals surface area contributed by atoms with E-state index in [1.54, 1.807) is 0 Å². The zero-order valence-corrected chi connectivity index (χ0v) is 24.3. The number of thiocarbonyl (C=S) groups is 1. The van der Waals surface area contributed by atoms with Crippen LogP contribution in [0.1, 0.15) is 43.7 Å². The van der Waals surface area contributed by atoms with Crippen molar-refractivity contribution in [2.45, 2.75) is 32.4 Å². The Morgan fingerprint density at radius 1 is 0.897 bits per heavy atom. The first-order chi connectivity index (χ1) is 18.9. The van der Waals surface area contributed by atoms with Crippen LogP contribution in [0.25, 0.3) is 5.69 Å². The van der Waals surface area contributed by atoms with Gasteiger partial charge in [-0.05, 0) is 91.1 Å². The predicted octanol–water partition coefficient (Wildman–Crippen LogP) is 7.84. The van der Waals surface area contributed by atoms with Gasteiger partial charge in [-0.15, -0.1) is 0 Å². The maximum atomic E-state index is 6.99. The molecular weight excluding hydrogens is 545 g/mol. The summed E-state index contributed by atoms with van der Waals surface area (Å²) >= 11 is 19.3. The van der Waals surface area contributed by atoms with Gasteiger partial charge in [0, 0.05) is 47.6 Å². The number of piperidine rings is 1. The predicted molar refractivity (Wildman–Crippen MR) is 165 cm³/mol. The molecular formula is C31H31Cl2N5S. The third-order valence-corrected chi connectivity index (χ3v) is 8.54. The molecule has 2 fully saturated rings. The summed E-state index contributed by atoms with van der Waals surface area (Å²) in [6.45, 7) is 6.67. The third kappa shape index (κ3) is 5.13. The lowest BCUT2D eigenvalue weighted by molar-refractivity contribution is 0.357. The molecule has 8 heteroatoms. The molecule has 6 rings (SSSR count). The van der Waals surface area contributed by atoms with E-state index in [0.717, 1.165) is 46.6 Å². The lowest BCUT2D eigenvalue weighted by atomic mass is 9.91. The van der Waals surface area contributed by atoms with Gasteiger partial charge in [0.25, 0.3) is 0 Å². The molecule has 2 aromatic carbocycles. The first-order valence-corrected chi connectivity index (χ1v) is 14.5. The van der Waals surface area contributed by atoms with Crippen LogP contribution < -0.4 is 15.1 Å². The number of nitrogens with zero attached hydrogens (tertiary/aromatic N) is 4. The molecule has 4 heterocycles. The van der Waals surface area contributed by atoms with Crippen molar-refractivity contribution in [2.75, 3.05) is 22.9 Å². The summed E-state index contributed by atoms with van der Waals surface area (Å²) in [4.78, 5) is 9.28. The lowest BCUT2D eigenvalue weighted by Gasteiger charge is -2.37. The number of rotatable bonds is 5. The molecule has 39 heavy (non-hydrogen) atoms. The van der Waals surface area contributed by atoms with E-state index in [4.69, 9.17) is 40.4 Å². The van der Waals surface area contributed by atoms with E-state index in [2.05, 4.69) is 76.1 Å². The molecule has 1 N–H and O–H groups in total. The number of aromatic nitrogens is 2. The van der Waals surface area contributed by atoms with E-state index >= 15 is 0 Å². The molecule has 0 saturated carbocycles. The number of nitrogens with one attached hydrogen (secondary N) is 1. The van der Waals surface area contributed by atoms with Crippen molar-refractivity contribution in [3.8, 4) is 5.69 Å². The second-order valence-corrected chi connectivity index (χ2v) is 12.0. The van der Waals surface area contributed by atoms with Crippen LogP contribution in [0.4, 0.5) is 11.4 Å². The Balaban J connectivity index is 1.43. The van der Waals surface area contributed by atoms with Crippen LogP contribution in [0.15, 0.2) is 85.2 Å². The van der Waals surface area contributed by atoms with E-state index in [0.29, 0.717) is 22.0 Å². The van der Waals surface area contributed by atoms with Crippen molar-refractivity contribution >= 4 is 51.9 Å². The Kier molecular flexibility index (Phi) is 7.27. The second kappa shape index (κ2) is 10.8. The summed E-state index contributed by atoms with van der Waals surface area (Å²) in [5, 5.41) is 5.62. The molecule has 0 unspecified atom stereocenters. The molecule has 2 aliphatic heterocycles. The molecule has 5 nitrogen and oxygen atoms in total. The maximum absolute atomic E-state index is 6.99. The highest BCUT2D eigenvalue weighted by Crippen LogP contribution is 2.44. The van der Waals surface area contributed by atoms with E-state index in [1.807, 2.05) is 42.6 Å². The second-order valence-electron chi connectivity index (χ2n) is 10.8. The lowest BCUT2D eigenvalue weighted by Crippen LogP contribution is -2.38. The summed E-state index contributed by atoms with van der Waals surface area (Å²) in [7, 11) is 0. The van der Waals surface area contributed by atoms with Gasteiger partial charge >= 0.3 is 0 Å². The first-order valence-electron chi connectivity index (χ1n) is 13.4. The molecule has 4 aromatic rings. The van der Waals surface area contributed by atoms with Crippen molar-refractivity contribution < 1.29 is 0 Å². The molecule has 2 saturated heterocycles. The molecule has 2 aromatic heterocycles. The Morgan fingerprint density at radius 3 is 2.44 bits per heavy atom. The van der Waals surface area contributed by atoms with Gasteiger partial charge in [-0.2, -0.15) is 0 Å². The number of hydrogen-bond donors (Lipinski definition) is 1. The molecule has 0 aliphatic carbocycles. The standard InChI is InChI=1S/C31H31Cl2N5S/c1-20-15-21(2)19-36(18-20)27-12-11-24(17-25(27)33)38-30(29(35-31(38)39)26-9-3-4-13-34-26)28-10-6-14-37(28)23-8-5-7-22(32)16-23/h3-14,16-17,20-21,29-30H,15,18-19H2,1-2H3,(H,35,39)/t20-,21+,29-,30-/m1/s1. The summed E-state index contributed by atoms with van der Waals surface area (Å²) in [6, 6.07) is 24.1. The minimum absolute atomic E-state index is 0.159. The molecule has 2 aliphatic rings. The number of halogens is 2. The van der Waals surface area contributed by atoms with Crippen LogP contribution >= 0.6 is 35.4 Å². The Hall–Kier alpha value is -3.06. The highest BCUT2D eigenvalue weighted by molar-refractivity contribution is 7.80. The van der Waals surface area contributed by atoms with Crippen LogP contribution in [-0.2, 0) is 0 Å².